The van der Waals surface area contributed by atoms with E-state index in [0.29, 0.717) is 17.2 Å². The monoisotopic (exact) mass is 292 g/mol. The number of hydrogen-bond acceptors (Lipinski definition) is 3. The lowest BCUT2D eigenvalue weighted by Gasteiger charge is -2.01. The van der Waals surface area contributed by atoms with Crippen molar-refractivity contribution in [2.45, 2.75) is 13.8 Å². The third-order valence-electron chi connectivity index (χ3n) is 3.27. The number of carbonyl (C=O) groups excluding carboxylic acids is 1. The summed E-state index contributed by atoms with van der Waals surface area (Å²) in [5.74, 6) is 0.429. The summed E-state index contributed by atoms with van der Waals surface area (Å²) in [5, 5.41) is 2.82. The van der Waals surface area contributed by atoms with Gasteiger partial charge in [0.1, 0.15) is 5.52 Å². The van der Waals surface area contributed by atoms with Crippen molar-refractivity contribution < 1.29 is 9.21 Å². The molecule has 0 unspecified atom stereocenters. The number of nitrogens with one attached hydrogen (secondary N) is 1. The molecule has 0 fully saturated rings. The van der Waals surface area contributed by atoms with Gasteiger partial charge >= 0.3 is 0 Å². The molecule has 0 spiro atoms. The lowest BCUT2D eigenvalue weighted by Crippen LogP contribution is -2.07. The maximum Gasteiger partial charge on any atom is 0.248 e. The highest BCUT2D eigenvalue weighted by Gasteiger charge is 2.04. The summed E-state index contributed by atoms with van der Waals surface area (Å²) < 4.78 is 5.41. The Kier molecular flexibility index (Phi) is 3.74. The summed E-state index contributed by atoms with van der Waals surface area (Å²) in [6, 6.07) is 13.4. The standard InChI is InChI=1S/C18H16N2O2/c1-12-3-5-14(6-4-12)7-10-18(21)20-15-8-9-17-16(11-15)19-13(2)22-17/h3-11H,1-2H3,(H,20,21)/b10-7+. The second-order valence-electron chi connectivity index (χ2n) is 5.15. The number of rotatable bonds is 3. The molecule has 1 heterocycles. The highest BCUT2D eigenvalue weighted by Crippen LogP contribution is 2.19. The van der Waals surface area contributed by atoms with Crippen LogP contribution in [0.5, 0.6) is 0 Å². The van der Waals surface area contributed by atoms with Crippen LogP contribution >= 0.6 is 0 Å². The van der Waals surface area contributed by atoms with Gasteiger partial charge in [-0.15, -0.1) is 0 Å². The highest BCUT2D eigenvalue weighted by molar-refractivity contribution is 6.02. The average Bonchev–Trinajstić information content (AvgIpc) is 2.86. The van der Waals surface area contributed by atoms with Crippen LogP contribution in [0.4, 0.5) is 5.69 Å². The zero-order chi connectivity index (χ0) is 15.5. The van der Waals surface area contributed by atoms with Crippen molar-refractivity contribution in [1.29, 1.82) is 0 Å². The van der Waals surface area contributed by atoms with Crippen LogP contribution in [0.15, 0.2) is 53.0 Å². The summed E-state index contributed by atoms with van der Waals surface area (Å²) in [4.78, 5) is 16.2. The van der Waals surface area contributed by atoms with Gasteiger partial charge in [-0.1, -0.05) is 29.8 Å². The van der Waals surface area contributed by atoms with Crippen molar-refractivity contribution in [3.8, 4) is 0 Å². The van der Waals surface area contributed by atoms with E-state index in [1.54, 1.807) is 31.2 Å². The van der Waals surface area contributed by atoms with Crippen molar-refractivity contribution in [3.05, 3.63) is 65.6 Å². The van der Waals surface area contributed by atoms with Gasteiger partial charge in [0.15, 0.2) is 11.5 Å². The van der Waals surface area contributed by atoms with Gasteiger partial charge in [-0.05, 0) is 36.8 Å². The zero-order valence-electron chi connectivity index (χ0n) is 12.5. The number of amides is 1. The Labute approximate surface area is 128 Å². The first-order valence-corrected chi connectivity index (χ1v) is 7.03. The Hall–Kier alpha value is -2.88. The van der Waals surface area contributed by atoms with Gasteiger partial charge in [0.25, 0.3) is 0 Å². The number of aromatic nitrogens is 1. The first-order valence-electron chi connectivity index (χ1n) is 7.03. The molecule has 0 aliphatic heterocycles. The first-order chi connectivity index (χ1) is 10.6. The summed E-state index contributed by atoms with van der Waals surface area (Å²) in [7, 11) is 0. The molecule has 0 bridgehead atoms. The van der Waals surface area contributed by atoms with Crippen LogP contribution in [0.2, 0.25) is 0 Å². The smallest absolute Gasteiger partial charge is 0.248 e. The number of benzene rings is 2. The van der Waals surface area contributed by atoms with E-state index in [1.165, 1.54) is 11.6 Å². The van der Waals surface area contributed by atoms with Gasteiger partial charge < -0.3 is 9.73 Å². The number of aryl methyl sites for hydroxylation is 2. The summed E-state index contributed by atoms with van der Waals surface area (Å²) in [6.07, 6.45) is 3.30. The lowest BCUT2D eigenvalue weighted by molar-refractivity contribution is -0.111. The van der Waals surface area contributed by atoms with Gasteiger partial charge in [0.2, 0.25) is 5.91 Å². The van der Waals surface area contributed by atoms with E-state index in [-0.39, 0.29) is 5.91 Å². The van der Waals surface area contributed by atoms with Crippen LogP contribution in [-0.4, -0.2) is 10.9 Å². The van der Waals surface area contributed by atoms with E-state index in [4.69, 9.17) is 4.42 Å². The highest BCUT2D eigenvalue weighted by atomic mass is 16.3. The second-order valence-corrected chi connectivity index (χ2v) is 5.15. The molecule has 3 aromatic rings. The van der Waals surface area contributed by atoms with E-state index in [0.717, 1.165) is 11.1 Å². The molecule has 0 aliphatic carbocycles. The van der Waals surface area contributed by atoms with Crippen LogP contribution in [0, 0.1) is 13.8 Å². The molecule has 2 aromatic carbocycles. The maximum atomic E-state index is 12.0. The first kappa shape index (κ1) is 14.1. The minimum atomic E-state index is -0.180. The third-order valence-corrected chi connectivity index (χ3v) is 3.27. The van der Waals surface area contributed by atoms with Gasteiger partial charge in [0.05, 0.1) is 0 Å². The number of nitrogens with zero attached hydrogens (tertiary/aromatic N) is 1. The molecule has 0 aliphatic rings. The van der Waals surface area contributed by atoms with E-state index < -0.39 is 0 Å². The van der Waals surface area contributed by atoms with Crippen molar-refractivity contribution in [2.75, 3.05) is 5.32 Å². The summed E-state index contributed by atoms with van der Waals surface area (Å²) >= 11 is 0. The van der Waals surface area contributed by atoms with E-state index in [1.807, 2.05) is 31.2 Å². The second kappa shape index (κ2) is 5.85. The van der Waals surface area contributed by atoms with Crippen molar-refractivity contribution in [3.63, 3.8) is 0 Å². The largest absolute Gasteiger partial charge is 0.441 e. The topological polar surface area (TPSA) is 55.1 Å². The molecule has 0 saturated carbocycles. The summed E-state index contributed by atoms with van der Waals surface area (Å²) in [5.41, 5.74) is 4.32. The molecular weight excluding hydrogens is 276 g/mol. The minimum absolute atomic E-state index is 0.180. The van der Waals surface area contributed by atoms with E-state index in [2.05, 4.69) is 10.3 Å². The molecule has 1 N–H and O–H groups in total. The van der Waals surface area contributed by atoms with Gasteiger partial charge in [-0.3, -0.25) is 4.79 Å². The maximum absolute atomic E-state index is 12.0. The number of hydrogen-bond donors (Lipinski definition) is 1. The lowest BCUT2D eigenvalue weighted by atomic mass is 10.1. The average molecular weight is 292 g/mol. The molecule has 0 radical (unpaired) electrons. The molecule has 22 heavy (non-hydrogen) atoms. The van der Waals surface area contributed by atoms with Crippen molar-refractivity contribution in [1.82, 2.24) is 4.98 Å². The third kappa shape index (κ3) is 3.23. The Morgan fingerprint density at radius 3 is 2.68 bits per heavy atom. The molecule has 1 aromatic heterocycles. The fourth-order valence-electron chi connectivity index (χ4n) is 2.15. The quantitative estimate of drug-likeness (QED) is 0.739. The Balaban J connectivity index is 1.70. The van der Waals surface area contributed by atoms with E-state index in [9.17, 15) is 4.79 Å². The Morgan fingerprint density at radius 1 is 1.14 bits per heavy atom. The van der Waals surface area contributed by atoms with Gasteiger partial charge in [0, 0.05) is 18.7 Å². The fraction of sp³-hybridized carbons (Fsp3) is 0.111. The summed E-state index contributed by atoms with van der Waals surface area (Å²) in [6.45, 7) is 3.82. The number of oxazole rings is 1. The van der Waals surface area contributed by atoms with Crippen LogP contribution < -0.4 is 5.32 Å². The molecule has 1 amide bonds. The molecule has 3 rings (SSSR count). The van der Waals surface area contributed by atoms with Crippen molar-refractivity contribution in [2.24, 2.45) is 0 Å². The molecule has 0 atom stereocenters. The van der Waals surface area contributed by atoms with Crippen LogP contribution in [0.3, 0.4) is 0 Å². The number of anilines is 1. The normalized spacial score (nSPS) is 11.2. The van der Waals surface area contributed by atoms with Gasteiger partial charge in [-0.2, -0.15) is 0 Å². The minimum Gasteiger partial charge on any atom is -0.441 e. The zero-order valence-corrected chi connectivity index (χ0v) is 12.5. The molecule has 110 valence electrons. The van der Waals surface area contributed by atoms with Gasteiger partial charge in [-0.25, -0.2) is 4.98 Å². The Bertz CT molecular complexity index is 845. The van der Waals surface area contributed by atoms with E-state index >= 15 is 0 Å². The molecular formula is C18H16N2O2. The molecule has 4 nitrogen and oxygen atoms in total. The number of fused-ring (bicyclic) bond motifs is 1. The fourth-order valence-corrected chi connectivity index (χ4v) is 2.15. The molecule has 4 heteroatoms. The SMILES string of the molecule is Cc1ccc(/C=C/C(=O)Nc2ccc3oc(C)nc3c2)cc1. The number of carbonyl (C=O) groups is 1. The predicted octanol–water partition coefficient (Wildman–Crippen LogP) is 4.10. The predicted molar refractivity (Wildman–Crippen MR) is 87.6 cm³/mol. The van der Waals surface area contributed by atoms with Crippen LogP contribution in [0.25, 0.3) is 17.2 Å². The van der Waals surface area contributed by atoms with Crippen LogP contribution in [-0.2, 0) is 4.79 Å². The van der Waals surface area contributed by atoms with Crippen molar-refractivity contribution >= 4 is 28.8 Å². The molecule has 0 saturated heterocycles. The van der Waals surface area contributed by atoms with Crippen LogP contribution in [0.1, 0.15) is 17.0 Å². The Morgan fingerprint density at radius 2 is 1.91 bits per heavy atom.